The third-order valence-electron chi connectivity index (χ3n) is 4.74. The lowest BCUT2D eigenvalue weighted by Crippen LogP contribution is -2.42. The summed E-state index contributed by atoms with van der Waals surface area (Å²) in [5, 5.41) is 0.248. The minimum Gasteiger partial charge on any atom is -0.444 e. The Balaban J connectivity index is 1.85. The SMILES string of the molecule is CC1CCCCN1c1nc(Cl)nc2c1CCN(C(=O)OC(C)(C)C)C2. The van der Waals surface area contributed by atoms with Gasteiger partial charge in [-0.2, -0.15) is 0 Å². The van der Waals surface area contributed by atoms with Gasteiger partial charge in [-0.25, -0.2) is 14.8 Å². The monoisotopic (exact) mass is 366 g/mol. The van der Waals surface area contributed by atoms with Gasteiger partial charge in [0.1, 0.15) is 11.4 Å². The summed E-state index contributed by atoms with van der Waals surface area (Å²) in [6, 6.07) is 0.452. The van der Waals surface area contributed by atoms with Crippen LogP contribution in [0.3, 0.4) is 0 Å². The molecule has 25 heavy (non-hydrogen) atoms. The lowest BCUT2D eigenvalue weighted by molar-refractivity contribution is 0.0220. The second-order valence-electron chi connectivity index (χ2n) is 7.93. The molecule has 2 aliphatic heterocycles. The third-order valence-corrected chi connectivity index (χ3v) is 4.91. The van der Waals surface area contributed by atoms with E-state index in [1.807, 2.05) is 20.8 Å². The van der Waals surface area contributed by atoms with Crippen LogP contribution in [0.1, 0.15) is 58.2 Å². The summed E-state index contributed by atoms with van der Waals surface area (Å²) < 4.78 is 5.49. The van der Waals surface area contributed by atoms with Crippen LogP contribution in [0, 0.1) is 0 Å². The van der Waals surface area contributed by atoms with Crippen molar-refractivity contribution < 1.29 is 9.53 Å². The average Bonchev–Trinajstić information content (AvgIpc) is 2.52. The van der Waals surface area contributed by atoms with Crippen molar-refractivity contribution >= 4 is 23.5 Å². The first kappa shape index (κ1) is 18.2. The van der Waals surface area contributed by atoms with Gasteiger partial charge in [0, 0.05) is 24.7 Å². The largest absolute Gasteiger partial charge is 0.444 e. The van der Waals surface area contributed by atoms with E-state index in [2.05, 4.69) is 21.8 Å². The van der Waals surface area contributed by atoms with Gasteiger partial charge in [0.15, 0.2) is 0 Å². The summed E-state index contributed by atoms with van der Waals surface area (Å²) in [4.78, 5) is 25.3. The molecule has 0 aromatic carbocycles. The molecule has 7 heteroatoms. The zero-order chi connectivity index (χ0) is 18.2. The molecule has 6 nitrogen and oxygen atoms in total. The minimum atomic E-state index is -0.505. The van der Waals surface area contributed by atoms with Crippen molar-refractivity contribution in [2.45, 2.75) is 71.6 Å². The fourth-order valence-electron chi connectivity index (χ4n) is 3.51. The number of hydrogen-bond acceptors (Lipinski definition) is 5. The van der Waals surface area contributed by atoms with E-state index in [-0.39, 0.29) is 11.4 Å². The number of fused-ring (bicyclic) bond motifs is 1. The van der Waals surface area contributed by atoms with Gasteiger partial charge in [-0.1, -0.05) is 0 Å². The molecular formula is C18H27ClN4O2. The molecule has 2 aliphatic rings. The number of aromatic nitrogens is 2. The summed E-state index contributed by atoms with van der Waals surface area (Å²) in [5.74, 6) is 0.950. The Kier molecular flexibility index (Phi) is 5.09. The van der Waals surface area contributed by atoms with Gasteiger partial charge in [0.05, 0.1) is 12.2 Å². The summed E-state index contributed by atoms with van der Waals surface area (Å²) in [5.41, 5.74) is 1.46. The van der Waals surface area contributed by atoms with Crippen LogP contribution in [0.2, 0.25) is 5.28 Å². The standard InChI is InChI=1S/C18H27ClN4O2/c1-12-7-5-6-9-23(12)15-13-8-10-22(17(24)25-18(2,3)4)11-14(13)20-16(19)21-15/h12H,5-11H2,1-4H3. The summed E-state index contributed by atoms with van der Waals surface area (Å²) >= 11 is 6.20. The van der Waals surface area contributed by atoms with E-state index >= 15 is 0 Å². The summed E-state index contributed by atoms with van der Waals surface area (Å²) in [7, 11) is 0. The molecule has 3 rings (SSSR count). The van der Waals surface area contributed by atoms with E-state index in [4.69, 9.17) is 16.3 Å². The molecule has 1 atom stereocenters. The molecule has 0 radical (unpaired) electrons. The van der Waals surface area contributed by atoms with Crippen LogP contribution in [0.25, 0.3) is 0 Å². The maximum atomic E-state index is 12.4. The molecule has 1 unspecified atom stereocenters. The van der Waals surface area contributed by atoms with Crippen LogP contribution >= 0.6 is 11.6 Å². The molecule has 0 spiro atoms. The van der Waals surface area contributed by atoms with Crippen molar-refractivity contribution in [3.05, 3.63) is 16.5 Å². The van der Waals surface area contributed by atoms with E-state index in [0.717, 1.165) is 30.0 Å². The number of nitrogens with zero attached hydrogens (tertiary/aromatic N) is 4. The minimum absolute atomic E-state index is 0.248. The summed E-state index contributed by atoms with van der Waals surface area (Å²) in [6.07, 6.45) is 4.02. The molecule has 0 N–H and O–H groups in total. The number of rotatable bonds is 1. The van der Waals surface area contributed by atoms with Crippen molar-refractivity contribution in [1.29, 1.82) is 0 Å². The predicted molar refractivity (Wildman–Crippen MR) is 98.0 cm³/mol. The smallest absolute Gasteiger partial charge is 0.410 e. The maximum absolute atomic E-state index is 12.4. The van der Waals surface area contributed by atoms with Crippen molar-refractivity contribution in [1.82, 2.24) is 14.9 Å². The maximum Gasteiger partial charge on any atom is 0.410 e. The molecule has 1 amide bonds. The summed E-state index contributed by atoms with van der Waals surface area (Å²) in [6.45, 7) is 9.88. The number of piperidine rings is 1. The molecular weight excluding hydrogens is 340 g/mol. The van der Waals surface area contributed by atoms with E-state index in [1.165, 1.54) is 19.3 Å². The number of halogens is 1. The highest BCUT2D eigenvalue weighted by Crippen LogP contribution is 2.32. The van der Waals surface area contributed by atoms with E-state index < -0.39 is 5.60 Å². The molecule has 138 valence electrons. The second-order valence-corrected chi connectivity index (χ2v) is 8.27. The van der Waals surface area contributed by atoms with Crippen molar-refractivity contribution in [3.63, 3.8) is 0 Å². The van der Waals surface area contributed by atoms with Gasteiger partial charge in [0.25, 0.3) is 0 Å². The molecule has 0 aliphatic carbocycles. The highest BCUT2D eigenvalue weighted by Gasteiger charge is 2.31. The third kappa shape index (κ3) is 4.17. The molecule has 1 fully saturated rings. The fourth-order valence-corrected chi connectivity index (χ4v) is 3.70. The van der Waals surface area contributed by atoms with E-state index in [1.54, 1.807) is 4.90 Å². The number of amides is 1. The first-order chi connectivity index (χ1) is 11.7. The molecule has 3 heterocycles. The molecule has 1 saturated heterocycles. The van der Waals surface area contributed by atoms with Gasteiger partial charge in [0.2, 0.25) is 5.28 Å². The number of carbonyl (C=O) groups excluding carboxylic acids is 1. The van der Waals surface area contributed by atoms with Crippen molar-refractivity contribution in [3.8, 4) is 0 Å². The molecule has 1 aromatic heterocycles. The van der Waals surface area contributed by atoms with E-state index in [9.17, 15) is 4.79 Å². The van der Waals surface area contributed by atoms with Gasteiger partial charge in [-0.3, -0.25) is 0 Å². The van der Waals surface area contributed by atoms with Gasteiger partial charge >= 0.3 is 6.09 Å². The average molecular weight is 367 g/mol. The van der Waals surface area contributed by atoms with Crippen LogP contribution < -0.4 is 4.90 Å². The Labute approximate surface area is 154 Å². The second kappa shape index (κ2) is 6.98. The van der Waals surface area contributed by atoms with Crippen LogP contribution in [-0.4, -0.2) is 45.7 Å². The topological polar surface area (TPSA) is 58.6 Å². The van der Waals surface area contributed by atoms with Gasteiger partial charge < -0.3 is 14.5 Å². The van der Waals surface area contributed by atoms with Crippen molar-refractivity contribution in [2.75, 3.05) is 18.0 Å². The van der Waals surface area contributed by atoms with E-state index in [0.29, 0.717) is 19.1 Å². The normalized spacial score (nSPS) is 21.1. The first-order valence-corrected chi connectivity index (χ1v) is 9.42. The lowest BCUT2D eigenvalue weighted by atomic mass is 10.0. The lowest BCUT2D eigenvalue weighted by Gasteiger charge is -2.38. The van der Waals surface area contributed by atoms with Crippen LogP contribution in [0.4, 0.5) is 10.6 Å². The Morgan fingerprint density at radius 1 is 1.24 bits per heavy atom. The predicted octanol–water partition coefficient (Wildman–Crippen LogP) is 3.80. The molecule has 0 bridgehead atoms. The number of ether oxygens (including phenoxy) is 1. The molecule has 0 saturated carbocycles. The first-order valence-electron chi connectivity index (χ1n) is 9.04. The van der Waals surface area contributed by atoms with Gasteiger partial charge in [-0.15, -0.1) is 0 Å². The highest BCUT2D eigenvalue weighted by atomic mass is 35.5. The van der Waals surface area contributed by atoms with Crippen LogP contribution in [0.5, 0.6) is 0 Å². The zero-order valence-corrected chi connectivity index (χ0v) is 16.3. The highest BCUT2D eigenvalue weighted by molar-refractivity contribution is 6.28. The number of carbonyl (C=O) groups is 1. The number of anilines is 1. The Bertz CT molecular complexity index is 659. The quantitative estimate of drug-likeness (QED) is 0.707. The zero-order valence-electron chi connectivity index (χ0n) is 15.5. The molecule has 1 aromatic rings. The van der Waals surface area contributed by atoms with Crippen molar-refractivity contribution in [2.24, 2.45) is 0 Å². The Morgan fingerprint density at radius 3 is 2.68 bits per heavy atom. The van der Waals surface area contributed by atoms with Crippen LogP contribution in [-0.2, 0) is 17.7 Å². The Hall–Kier alpha value is -1.56. The number of hydrogen-bond donors (Lipinski definition) is 0. The van der Waals surface area contributed by atoms with Gasteiger partial charge in [-0.05, 0) is 65.0 Å². The Morgan fingerprint density at radius 2 is 2.00 bits per heavy atom. The fraction of sp³-hybridized carbons (Fsp3) is 0.722. The van der Waals surface area contributed by atoms with Crippen LogP contribution in [0.15, 0.2) is 0 Å².